The van der Waals surface area contributed by atoms with E-state index in [0.717, 1.165) is 22.2 Å². The number of rotatable bonds is 7. The predicted molar refractivity (Wildman–Crippen MR) is 138 cm³/mol. The molecule has 0 saturated heterocycles. The Labute approximate surface area is 209 Å². The summed E-state index contributed by atoms with van der Waals surface area (Å²) in [6.45, 7) is 4.87. The molecular weight excluding hydrogens is 456 g/mol. The fraction of sp³-hybridized carbons (Fsp3) is 0.250. The number of nitrogens with one attached hydrogen (secondary N) is 1. The van der Waals surface area contributed by atoms with Crippen molar-refractivity contribution in [3.63, 3.8) is 0 Å². The number of esters is 1. The van der Waals surface area contributed by atoms with Crippen LogP contribution in [0.3, 0.4) is 0 Å². The zero-order valence-electron chi connectivity index (χ0n) is 20.3. The number of ether oxygens (including phenoxy) is 1. The van der Waals surface area contributed by atoms with E-state index in [1.165, 1.54) is 0 Å². The van der Waals surface area contributed by atoms with Crippen molar-refractivity contribution >= 4 is 28.5 Å². The van der Waals surface area contributed by atoms with Gasteiger partial charge in [-0.15, -0.1) is 0 Å². The minimum atomic E-state index is -0.352. The standard InChI is InChI=1S/C28H28N4O4/c1-3-36-27(35)19-4-7-24(8-5-19)32-25-9-6-23(17-21(25)18-29-32)30-26(34)20-10-12-28(2)22(16-20)11-13-31(28)14-15-33/h4-11,13,16-18,33H,3,12,14-15H2,1-2H3,(H,30,34). The number of aromatic nitrogens is 2. The van der Waals surface area contributed by atoms with Crippen molar-refractivity contribution in [3.8, 4) is 5.69 Å². The monoisotopic (exact) mass is 484 g/mol. The Bertz CT molecular complexity index is 1420. The molecule has 1 atom stereocenters. The molecule has 36 heavy (non-hydrogen) atoms. The molecular formula is C28H28N4O4. The molecule has 2 aliphatic rings. The lowest BCUT2D eigenvalue weighted by Gasteiger charge is -2.38. The van der Waals surface area contributed by atoms with Gasteiger partial charge >= 0.3 is 5.97 Å². The molecule has 184 valence electrons. The quantitative estimate of drug-likeness (QED) is 0.493. The molecule has 1 aromatic heterocycles. The maximum atomic E-state index is 13.0. The Hall–Kier alpha value is -4.17. The summed E-state index contributed by atoms with van der Waals surface area (Å²) in [5.41, 5.74) is 4.33. The third-order valence-corrected chi connectivity index (χ3v) is 6.77. The number of carbonyl (C=O) groups is 2. The van der Waals surface area contributed by atoms with Crippen LogP contribution in [0.2, 0.25) is 0 Å². The molecule has 1 amide bonds. The van der Waals surface area contributed by atoms with E-state index in [-0.39, 0.29) is 24.0 Å². The molecule has 8 heteroatoms. The maximum Gasteiger partial charge on any atom is 0.338 e. The fourth-order valence-electron chi connectivity index (χ4n) is 4.71. The number of fused-ring (bicyclic) bond motifs is 2. The van der Waals surface area contributed by atoms with Crippen LogP contribution < -0.4 is 5.32 Å². The number of β-amino-alcohol motifs (C(OH)–C–C–N with tert-alkyl or cyclic N) is 1. The summed E-state index contributed by atoms with van der Waals surface area (Å²) in [7, 11) is 0. The molecule has 2 aromatic carbocycles. The van der Waals surface area contributed by atoms with Crippen LogP contribution in [0.1, 0.15) is 30.6 Å². The van der Waals surface area contributed by atoms with E-state index >= 15 is 0 Å². The number of amides is 1. The molecule has 0 bridgehead atoms. The Kier molecular flexibility index (Phi) is 6.20. The average Bonchev–Trinajstić information content (AvgIpc) is 3.44. The van der Waals surface area contributed by atoms with E-state index in [2.05, 4.69) is 22.2 Å². The van der Waals surface area contributed by atoms with Crippen LogP contribution in [0.25, 0.3) is 16.6 Å². The van der Waals surface area contributed by atoms with Gasteiger partial charge in [-0.05, 0) is 80.5 Å². The van der Waals surface area contributed by atoms with Crippen LogP contribution in [0.5, 0.6) is 0 Å². The molecule has 0 spiro atoms. The van der Waals surface area contributed by atoms with Gasteiger partial charge in [-0.2, -0.15) is 5.10 Å². The highest BCUT2D eigenvalue weighted by molar-refractivity contribution is 6.07. The highest BCUT2D eigenvalue weighted by atomic mass is 16.5. The highest BCUT2D eigenvalue weighted by Crippen LogP contribution is 2.39. The molecule has 2 heterocycles. The number of anilines is 1. The third kappa shape index (κ3) is 4.20. The largest absolute Gasteiger partial charge is 0.462 e. The second-order valence-corrected chi connectivity index (χ2v) is 9.02. The number of benzene rings is 2. The summed E-state index contributed by atoms with van der Waals surface area (Å²) in [6, 6.07) is 12.7. The number of hydrogen-bond donors (Lipinski definition) is 2. The summed E-state index contributed by atoms with van der Waals surface area (Å²) in [4.78, 5) is 27.0. The molecule has 8 nitrogen and oxygen atoms in total. The second kappa shape index (κ2) is 9.47. The van der Waals surface area contributed by atoms with E-state index in [4.69, 9.17) is 4.74 Å². The van der Waals surface area contributed by atoms with Gasteiger partial charge in [-0.25, -0.2) is 9.48 Å². The maximum absolute atomic E-state index is 13.0. The van der Waals surface area contributed by atoms with Gasteiger partial charge in [0.05, 0.1) is 41.7 Å². The van der Waals surface area contributed by atoms with Gasteiger partial charge in [0, 0.05) is 29.4 Å². The summed E-state index contributed by atoms with van der Waals surface area (Å²) >= 11 is 0. The van der Waals surface area contributed by atoms with Crippen LogP contribution >= 0.6 is 0 Å². The van der Waals surface area contributed by atoms with Crippen molar-refractivity contribution in [1.29, 1.82) is 0 Å². The zero-order chi connectivity index (χ0) is 25.3. The Morgan fingerprint density at radius 1 is 1.19 bits per heavy atom. The van der Waals surface area contributed by atoms with Gasteiger partial charge in [0.15, 0.2) is 0 Å². The van der Waals surface area contributed by atoms with E-state index < -0.39 is 0 Å². The average molecular weight is 485 g/mol. The van der Waals surface area contributed by atoms with Crippen LogP contribution in [0, 0.1) is 0 Å². The van der Waals surface area contributed by atoms with Crippen molar-refractivity contribution in [2.24, 2.45) is 0 Å². The van der Waals surface area contributed by atoms with Crippen molar-refractivity contribution in [2.45, 2.75) is 25.8 Å². The van der Waals surface area contributed by atoms with Gasteiger partial charge in [0.25, 0.3) is 5.91 Å². The fourth-order valence-corrected chi connectivity index (χ4v) is 4.71. The molecule has 3 aromatic rings. The number of aliphatic hydroxyl groups is 1. The van der Waals surface area contributed by atoms with Crippen molar-refractivity contribution in [2.75, 3.05) is 25.1 Å². The molecule has 1 unspecified atom stereocenters. The molecule has 2 N–H and O–H groups in total. The first-order valence-electron chi connectivity index (χ1n) is 12.0. The molecule has 0 fully saturated rings. The van der Waals surface area contributed by atoms with Gasteiger partial charge < -0.3 is 20.1 Å². The summed E-state index contributed by atoms with van der Waals surface area (Å²) < 4.78 is 6.83. The predicted octanol–water partition coefficient (Wildman–Crippen LogP) is 3.98. The molecule has 0 saturated carbocycles. The van der Waals surface area contributed by atoms with E-state index in [1.807, 2.05) is 54.8 Å². The van der Waals surface area contributed by atoms with Crippen molar-refractivity contribution in [1.82, 2.24) is 14.7 Å². The number of aliphatic hydroxyl groups excluding tert-OH is 1. The second-order valence-electron chi connectivity index (χ2n) is 9.02. The van der Waals surface area contributed by atoms with Crippen LogP contribution in [-0.4, -0.2) is 57.0 Å². The van der Waals surface area contributed by atoms with Crippen molar-refractivity contribution < 1.29 is 19.4 Å². The first kappa shape index (κ1) is 23.6. The van der Waals surface area contributed by atoms with E-state index in [9.17, 15) is 14.7 Å². The molecule has 0 radical (unpaired) electrons. The van der Waals surface area contributed by atoms with Gasteiger partial charge in [-0.3, -0.25) is 4.79 Å². The summed E-state index contributed by atoms with van der Waals surface area (Å²) in [6.07, 6.45) is 10.3. The Balaban J connectivity index is 1.31. The van der Waals surface area contributed by atoms with Gasteiger partial charge in [-0.1, -0.05) is 6.08 Å². The van der Waals surface area contributed by atoms with Crippen LogP contribution in [0.15, 0.2) is 84.2 Å². The number of carbonyl (C=O) groups excluding carboxylic acids is 2. The molecule has 1 aliphatic carbocycles. The summed E-state index contributed by atoms with van der Waals surface area (Å²) in [5.74, 6) is -0.519. The lowest BCUT2D eigenvalue weighted by molar-refractivity contribution is -0.112. The minimum absolute atomic E-state index is 0.0855. The number of nitrogens with zero attached hydrogens (tertiary/aromatic N) is 3. The topological polar surface area (TPSA) is 96.7 Å². The van der Waals surface area contributed by atoms with Crippen LogP contribution in [0.4, 0.5) is 5.69 Å². The lowest BCUT2D eigenvalue weighted by atomic mass is 9.83. The molecule has 1 aliphatic heterocycles. The van der Waals surface area contributed by atoms with Gasteiger partial charge in [0.2, 0.25) is 0 Å². The molecule has 5 rings (SSSR count). The first-order valence-corrected chi connectivity index (χ1v) is 12.0. The SMILES string of the molecule is CCOC(=O)c1ccc(-n2ncc3cc(NC(=O)C4=CCC5(C)C(=C4)C=CN5CCO)ccc32)cc1. The Morgan fingerprint density at radius 3 is 2.75 bits per heavy atom. The zero-order valence-corrected chi connectivity index (χ0v) is 20.3. The van der Waals surface area contributed by atoms with Gasteiger partial charge in [0.1, 0.15) is 0 Å². The highest BCUT2D eigenvalue weighted by Gasteiger charge is 2.38. The third-order valence-electron chi connectivity index (χ3n) is 6.77. The number of hydrogen-bond acceptors (Lipinski definition) is 6. The minimum Gasteiger partial charge on any atom is -0.462 e. The van der Waals surface area contributed by atoms with E-state index in [0.29, 0.717) is 36.4 Å². The Morgan fingerprint density at radius 2 is 2.00 bits per heavy atom. The normalized spacial score (nSPS) is 18.6. The van der Waals surface area contributed by atoms with Crippen LogP contribution in [-0.2, 0) is 9.53 Å². The first-order chi connectivity index (χ1) is 17.4. The van der Waals surface area contributed by atoms with Crippen molar-refractivity contribution in [3.05, 3.63) is 89.8 Å². The lowest BCUT2D eigenvalue weighted by Crippen LogP contribution is -2.43. The summed E-state index contributed by atoms with van der Waals surface area (Å²) in [5, 5.41) is 17.7. The smallest absolute Gasteiger partial charge is 0.338 e. The van der Waals surface area contributed by atoms with E-state index in [1.54, 1.807) is 29.9 Å².